The molecule has 1 heterocycles. The highest BCUT2D eigenvalue weighted by molar-refractivity contribution is 7.10. The lowest BCUT2D eigenvalue weighted by molar-refractivity contribution is -0.00927. The predicted octanol–water partition coefficient (Wildman–Crippen LogP) is 4.04. The second-order valence-electron chi connectivity index (χ2n) is 5.31. The van der Waals surface area contributed by atoms with Crippen molar-refractivity contribution in [3.05, 3.63) is 21.9 Å². The molecule has 2 unspecified atom stereocenters. The van der Waals surface area contributed by atoms with Crippen LogP contribution in [0.5, 0.6) is 0 Å². The molecule has 1 fully saturated rings. The molecule has 2 N–H and O–H groups in total. The molecule has 1 aromatic rings. The van der Waals surface area contributed by atoms with Crippen molar-refractivity contribution in [2.75, 3.05) is 6.61 Å². The van der Waals surface area contributed by atoms with Gasteiger partial charge in [0, 0.05) is 11.5 Å². The first kappa shape index (κ1) is 14.0. The Morgan fingerprint density at radius 3 is 2.67 bits per heavy atom. The highest BCUT2D eigenvalue weighted by Gasteiger charge is 2.31. The summed E-state index contributed by atoms with van der Waals surface area (Å²) in [5, 5.41) is 2.13. The molecule has 0 saturated heterocycles. The molecule has 0 radical (unpaired) electrons. The highest BCUT2D eigenvalue weighted by Crippen LogP contribution is 2.35. The van der Waals surface area contributed by atoms with Crippen molar-refractivity contribution in [3.8, 4) is 0 Å². The average molecular weight is 267 g/mol. The highest BCUT2D eigenvalue weighted by atomic mass is 32.1. The molecule has 1 aliphatic carbocycles. The fourth-order valence-corrected chi connectivity index (χ4v) is 4.03. The molecule has 0 spiro atoms. The summed E-state index contributed by atoms with van der Waals surface area (Å²) in [4.78, 5) is 1.30. The molecule has 3 heteroatoms. The van der Waals surface area contributed by atoms with Gasteiger partial charge in [0.05, 0.1) is 12.1 Å². The SMILES string of the molecule is CCOC(C1CCCCC1)C(N)c1sccc1C. The van der Waals surface area contributed by atoms with Crippen molar-refractivity contribution in [1.82, 2.24) is 0 Å². The van der Waals surface area contributed by atoms with Gasteiger partial charge in [-0.2, -0.15) is 0 Å². The van der Waals surface area contributed by atoms with E-state index in [0.717, 1.165) is 6.61 Å². The fourth-order valence-electron chi connectivity index (χ4n) is 3.06. The standard InChI is InChI=1S/C15H25NOS/c1-3-17-14(12-7-5-4-6-8-12)13(16)15-11(2)9-10-18-15/h9-10,12-14H,3-8,16H2,1-2H3. The van der Waals surface area contributed by atoms with Crippen LogP contribution >= 0.6 is 11.3 Å². The van der Waals surface area contributed by atoms with Crippen molar-refractivity contribution in [3.63, 3.8) is 0 Å². The molecule has 0 amide bonds. The minimum atomic E-state index is 0.0491. The zero-order valence-corrected chi connectivity index (χ0v) is 12.3. The Hall–Kier alpha value is -0.380. The van der Waals surface area contributed by atoms with E-state index in [2.05, 4.69) is 25.3 Å². The van der Waals surface area contributed by atoms with Gasteiger partial charge >= 0.3 is 0 Å². The number of thiophene rings is 1. The lowest BCUT2D eigenvalue weighted by Crippen LogP contribution is -2.36. The molecule has 0 aliphatic heterocycles. The van der Waals surface area contributed by atoms with Crippen molar-refractivity contribution >= 4 is 11.3 Å². The van der Waals surface area contributed by atoms with Crippen LogP contribution in [0, 0.1) is 12.8 Å². The van der Waals surface area contributed by atoms with Gasteiger partial charge in [-0.25, -0.2) is 0 Å². The minimum absolute atomic E-state index is 0.0491. The Balaban J connectivity index is 2.10. The monoisotopic (exact) mass is 267 g/mol. The lowest BCUT2D eigenvalue weighted by atomic mass is 9.82. The van der Waals surface area contributed by atoms with Gasteiger partial charge in [-0.3, -0.25) is 0 Å². The van der Waals surface area contributed by atoms with E-state index in [9.17, 15) is 0 Å². The van der Waals surface area contributed by atoms with Crippen LogP contribution in [0.1, 0.15) is 55.5 Å². The molecule has 102 valence electrons. The summed E-state index contributed by atoms with van der Waals surface area (Å²) in [5.74, 6) is 0.648. The number of hydrogen-bond acceptors (Lipinski definition) is 3. The topological polar surface area (TPSA) is 35.2 Å². The maximum Gasteiger partial charge on any atom is 0.0803 e. The third-order valence-corrected chi connectivity index (χ3v) is 5.15. The first-order valence-electron chi connectivity index (χ1n) is 7.15. The Kier molecular flexibility index (Phi) is 5.22. The van der Waals surface area contributed by atoms with Crippen molar-refractivity contribution in [2.45, 2.75) is 58.1 Å². The quantitative estimate of drug-likeness (QED) is 0.873. The van der Waals surface area contributed by atoms with Gasteiger partial charge in [-0.1, -0.05) is 19.3 Å². The summed E-state index contributed by atoms with van der Waals surface area (Å²) in [6, 6.07) is 2.21. The smallest absolute Gasteiger partial charge is 0.0803 e. The van der Waals surface area contributed by atoms with E-state index in [1.807, 2.05) is 0 Å². The molecule has 1 aliphatic rings. The van der Waals surface area contributed by atoms with Crippen LogP contribution in [0.25, 0.3) is 0 Å². The number of rotatable bonds is 5. The van der Waals surface area contributed by atoms with Gasteiger partial charge in [-0.05, 0) is 49.6 Å². The van der Waals surface area contributed by atoms with E-state index in [4.69, 9.17) is 10.5 Å². The Bertz CT molecular complexity index is 357. The van der Waals surface area contributed by atoms with Gasteiger partial charge in [0.25, 0.3) is 0 Å². The maximum atomic E-state index is 6.49. The summed E-state index contributed by atoms with van der Waals surface area (Å²) < 4.78 is 6.00. The van der Waals surface area contributed by atoms with Crippen LogP contribution < -0.4 is 5.73 Å². The van der Waals surface area contributed by atoms with Crippen molar-refractivity contribution in [1.29, 1.82) is 0 Å². The second-order valence-corrected chi connectivity index (χ2v) is 6.26. The third-order valence-electron chi connectivity index (χ3n) is 4.03. The van der Waals surface area contributed by atoms with E-state index in [0.29, 0.717) is 5.92 Å². The van der Waals surface area contributed by atoms with Crippen LogP contribution in [0.15, 0.2) is 11.4 Å². The van der Waals surface area contributed by atoms with Crippen LogP contribution in [0.3, 0.4) is 0 Å². The largest absolute Gasteiger partial charge is 0.376 e. The van der Waals surface area contributed by atoms with Crippen LogP contribution in [0.2, 0.25) is 0 Å². The van der Waals surface area contributed by atoms with Gasteiger partial charge in [0.1, 0.15) is 0 Å². The summed E-state index contributed by atoms with van der Waals surface area (Å²) in [5.41, 5.74) is 7.80. The molecule has 0 bridgehead atoms. The summed E-state index contributed by atoms with van der Waals surface area (Å²) in [6.45, 7) is 4.98. The molecular formula is C15H25NOS. The van der Waals surface area contributed by atoms with Gasteiger partial charge in [0.15, 0.2) is 0 Å². The zero-order valence-electron chi connectivity index (χ0n) is 11.5. The van der Waals surface area contributed by atoms with Gasteiger partial charge in [-0.15, -0.1) is 11.3 Å². The van der Waals surface area contributed by atoms with Crippen LogP contribution in [-0.4, -0.2) is 12.7 Å². The van der Waals surface area contributed by atoms with Crippen LogP contribution in [-0.2, 0) is 4.74 Å². The number of nitrogens with two attached hydrogens (primary N) is 1. The normalized spacial score (nSPS) is 20.8. The molecule has 2 rings (SSSR count). The second kappa shape index (κ2) is 6.69. The first-order valence-corrected chi connectivity index (χ1v) is 8.03. The Labute approximate surface area is 115 Å². The van der Waals surface area contributed by atoms with E-state index in [-0.39, 0.29) is 12.1 Å². The molecule has 1 saturated carbocycles. The molecule has 2 nitrogen and oxygen atoms in total. The zero-order chi connectivity index (χ0) is 13.0. The van der Waals surface area contributed by atoms with E-state index in [1.165, 1.54) is 42.5 Å². The van der Waals surface area contributed by atoms with Crippen molar-refractivity contribution in [2.24, 2.45) is 11.7 Å². The molecule has 1 aromatic heterocycles. The molecule has 2 atom stereocenters. The average Bonchev–Trinajstić information content (AvgIpc) is 2.82. The summed E-state index contributed by atoms with van der Waals surface area (Å²) >= 11 is 1.77. The number of hydrogen-bond donors (Lipinski definition) is 1. The number of aryl methyl sites for hydroxylation is 1. The van der Waals surface area contributed by atoms with Crippen LogP contribution in [0.4, 0.5) is 0 Å². The van der Waals surface area contributed by atoms with Gasteiger partial charge in [0.2, 0.25) is 0 Å². The predicted molar refractivity (Wildman–Crippen MR) is 78.0 cm³/mol. The van der Waals surface area contributed by atoms with E-state index >= 15 is 0 Å². The summed E-state index contributed by atoms with van der Waals surface area (Å²) in [6.07, 6.45) is 6.82. The lowest BCUT2D eigenvalue weighted by Gasteiger charge is -2.33. The summed E-state index contributed by atoms with van der Waals surface area (Å²) in [7, 11) is 0. The third kappa shape index (κ3) is 3.14. The Morgan fingerprint density at radius 1 is 1.39 bits per heavy atom. The molecule has 18 heavy (non-hydrogen) atoms. The Morgan fingerprint density at radius 2 is 2.11 bits per heavy atom. The number of ether oxygens (including phenoxy) is 1. The molecule has 0 aromatic carbocycles. The maximum absolute atomic E-state index is 6.49. The first-order chi connectivity index (χ1) is 8.74. The minimum Gasteiger partial charge on any atom is -0.376 e. The fraction of sp³-hybridized carbons (Fsp3) is 0.733. The van der Waals surface area contributed by atoms with E-state index < -0.39 is 0 Å². The van der Waals surface area contributed by atoms with Crippen molar-refractivity contribution < 1.29 is 4.74 Å². The molecular weight excluding hydrogens is 242 g/mol. The van der Waals surface area contributed by atoms with Gasteiger partial charge < -0.3 is 10.5 Å². The van der Waals surface area contributed by atoms with E-state index in [1.54, 1.807) is 11.3 Å².